The van der Waals surface area contributed by atoms with Crippen molar-refractivity contribution in [3.63, 3.8) is 0 Å². The van der Waals surface area contributed by atoms with Crippen LogP contribution in [0.15, 0.2) is 29.1 Å². The van der Waals surface area contributed by atoms with Crippen molar-refractivity contribution in [3.05, 3.63) is 40.4 Å². The Labute approximate surface area is 121 Å². The van der Waals surface area contributed by atoms with Gasteiger partial charge in [0.2, 0.25) is 5.91 Å². The summed E-state index contributed by atoms with van der Waals surface area (Å²) in [5.41, 5.74) is 0.467. The molecule has 6 heteroatoms. The lowest BCUT2D eigenvalue weighted by atomic mass is 10.2. The van der Waals surface area contributed by atoms with Crippen LogP contribution in [0, 0.1) is 0 Å². The molecule has 0 fully saturated rings. The molecule has 2 aromatic rings. The number of aromatic amines is 1. The normalized spacial score (nSPS) is 12.3. The molecular weight excluding hydrogens is 274 g/mol. The summed E-state index contributed by atoms with van der Waals surface area (Å²) < 4.78 is 0. The zero-order chi connectivity index (χ0) is 14.7. The lowest BCUT2D eigenvalue weighted by Crippen LogP contribution is -2.33. The highest BCUT2D eigenvalue weighted by molar-refractivity contribution is 7.99. The topological polar surface area (TPSA) is 66.1 Å². The minimum Gasteiger partial charge on any atom is -0.337 e. The van der Waals surface area contributed by atoms with Crippen molar-refractivity contribution in [2.75, 3.05) is 13.3 Å². The van der Waals surface area contributed by atoms with Gasteiger partial charge in [0.15, 0.2) is 0 Å². The summed E-state index contributed by atoms with van der Waals surface area (Å²) in [7, 11) is 1.71. The van der Waals surface area contributed by atoms with E-state index in [-0.39, 0.29) is 16.7 Å². The van der Waals surface area contributed by atoms with Crippen LogP contribution in [-0.2, 0) is 11.3 Å². The molecule has 106 valence electrons. The van der Waals surface area contributed by atoms with Gasteiger partial charge in [-0.15, -0.1) is 0 Å². The quantitative estimate of drug-likeness (QED) is 0.930. The average molecular weight is 291 g/mol. The van der Waals surface area contributed by atoms with E-state index < -0.39 is 0 Å². The Kier molecular flexibility index (Phi) is 4.44. The SMILES string of the molecule is CS[C@H](C)C(=O)N(C)Cc1nc2ccccc2c(=O)[nH]1. The Bertz CT molecular complexity index is 683. The second-order valence-electron chi connectivity index (χ2n) is 4.60. The third-order valence-corrected chi connectivity index (χ3v) is 4.04. The number of rotatable bonds is 4. The molecule has 0 aliphatic heterocycles. The molecule has 0 saturated carbocycles. The van der Waals surface area contributed by atoms with Crippen molar-refractivity contribution in [1.29, 1.82) is 0 Å². The van der Waals surface area contributed by atoms with Crippen molar-refractivity contribution >= 4 is 28.6 Å². The zero-order valence-corrected chi connectivity index (χ0v) is 12.5. The van der Waals surface area contributed by atoms with E-state index in [9.17, 15) is 9.59 Å². The Morgan fingerprint density at radius 3 is 2.85 bits per heavy atom. The van der Waals surface area contributed by atoms with Gasteiger partial charge in [-0.1, -0.05) is 12.1 Å². The number of thioether (sulfide) groups is 1. The van der Waals surface area contributed by atoms with Crippen LogP contribution in [0.2, 0.25) is 0 Å². The predicted molar refractivity (Wildman–Crippen MR) is 81.8 cm³/mol. The Morgan fingerprint density at radius 2 is 2.15 bits per heavy atom. The Morgan fingerprint density at radius 1 is 1.45 bits per heavy atom. The number of carbonyl (C=O) groups excluding carboxylic acids is 1. The van der Waals surface area contributed by atoms with Crippen LogP contribution in [0.5, 0.6) is 0 Å². The summed E-state index contributed by atoms with van der Waals surface area (Å²) in [5, 5.41) is 0.454. The van der Waals surface area contributed by atoms with Gasteiger partial charge in [-0.25, -0.2) is 4.98 Å². The first-order chi connectivity index (χ1) is 9.52. The monoisotopic (exact) mass is 291 g/mol. The van der Waals surface area contributed by atoms with Crippen molar-refractivity contribution in [3.8, 4) is 0 Å². The molecule has 1 aromatic heterocycles. The fourth-order valence-electron chi connectivity index (χ4n) is 1.92. The Hall–Kier alpha value is -1.82. The van der Waals surface area contributed by atoms with E-state index in [1.807, 2.05) is 19.2 Å². The molecule has 0 aliphatic rings. The number of amides is 1. The first-order valence-corrected chi connectivity index (χ1v) is 7.57. The Balaban J connectivity index is 2.26. The lowest BCUT2D eigenvalue weighted by Gasteiger charge is -2.19. The largest absolute Gasteiger partial charge is 0.337 e. The maximum absolute atomic E-state index is 12.0. The first kappa shape index (κ1) is 14.6. The van der Waals surface area contributed by atoms with Gasteiger partial charge in [0, 0.05) is 7.05 Å². The molecule has 2 rings (SSSR count). The third-order valence-electron chi connectivity index (χ3n) is 3.13. The predicted octanol–water partition coefficient (Wildman–Crippen LogP) is 1.63. The molecule has 1 N–H and O–H groups in total. The van der Waals surface area contributed by atoms with Gasteiger partial charge in [0.25, 0.3) is 5.56 Å². The number of hydrogen-bond donors (Lipinski definition) is 1. The molecule has 0 saturated heterocycles. The summed E-state index contributed by atoms with van der Waals surface area (Å²) >= 11 is 1.49. The van der Waals surface area contributed by atoms with Crippen LogP contribution in [0.4, 0.5) is 0 Å². The number of aromatic nitrogens is 2. The average Bonchev–Trinajstić information content (AvgIpc) is 2.45. The molecule has 0 radical (unpaired) electrons. The van der Waals surface area contributed by atoms with Gasteiger partial charge in [-0.3, -0.25) is 9.59 Å². The van der Waals surface area contributed by atoms with E-state index >= 15 is 0 Å². The highest BCUT2D eigenvalue weighted by Gasteiger charge is 2.17. The van der Waals surface area contributed by atoms with Crippen molar-refractivity contribution < 1.29 is 4.79 Å². The maximum atomic E-state index is 12.0. The summed E-state index contributed by atoms with van der Waals surface area (Å²) in [6, 6.07) is 7.16. The van der Waals surface area contributed by atoms with Crippen molar-refractivity contribution in [2.24, 2.45) is 0 Å². The molecule has 20 heavy (non-hydrogen) atoms. The number of fused-ring (bicyclic) bond motifs is 1. The van der Waals surface area contributed by atoms with Gasteiger partial charge < -0.3 is 9.88 Å². The maximum Gasteiger partial charge on any atom is 0.258 e. The van der Waals surface area contributed by atoms with E-state index in [4.69, 9.17) is 0 Å². The highest BCUT2D eigenvalue weighted by Crippen LogP contribution is 2.11. The van der Waals surface area contributed by atoms with Gasteiger partial charge in [0.1, 0.15) is 5.82 Å². The summed E-state index contributed by atoms with van der Waals surface area (Å²) in [4.78, 5) is 32.6. The van der Waals surface area contributed by atoms with Crippen LogP contribution < -0.4 is 5.56 Å². The number of nitrogens with zero attached hydrogens (tertiary/aromatic N) is 2. The minimum atomic E-state index is -0.177. The van der Waals surface area contributed by atoms with E-state index in [0.29, 0.717) is 23.3 Å². The molecule has 0 unspecified atom stereocenters. The summed E-state index contributed by atoms with van der Waals surface area (Å²) in [6.45, 7) is 2.16. The molecule has 1 heterocycles. The van der Waals surface area contributed by atoms with E-state index in [1.165, 1.54) is 11.8 Å². The third kappa shape index (κ3) is 3.01. The van der Waals surface area contributed by atoms with Crippen molar-refractivity contribution in [1.82, 2.24) is 14.9 Å². The van der Waals surface area contributed by atoms with Gasteiger partial charge >= 0.3 is 0 Å². The van der Waals surface area contributed by atoms with Crippen LogP contribution in [-0.4, -0.2) is 39.3 Å². The molecule has 1 aromatic carbocycles. The fourth-order valence-corrected chi connectivity index (χ4v) is 2.31. The molecule has 5 nitrogen and oxygen atoms in total. The minimum absolute atomic E-state index is 0.0216. The molecule has 0 aliphatic carbocycles. The van der Waals surface area contributed by atoms with Crippen LogP contribution in [0.3, 0.4) is 0 Å². The zero-order valence-electron chi connectivity index (χ0n) is 11.7. The van der Waals surface area contributed by atoms with Crippen LogP contribution >= 0.6 is 11.8 Å². The second-order valence-corrected chi connectivity index (χ2v) is 5.78. The van der Waals surface area contributed by atoms with E-state index in [0.717, 1.165) is 0 Å². The van der Waals surface area contributed by atoms with Crippen LogP contribution in [0.25, 0.3) is 10.9 Å². The number of para-hydroxylation sites is 1. The highest BCUT2D eigenvalue weighted by atomic mass is 32.2. The molecule has 0 spiro atoms. The number of hydrogen-bond acceptors (Lipinski definition) is 4. The number of carbonyl (C=O) groups is 1. The molecule has 0 bridgehead atoms. The van der Waals surface area contributed by atoms with Crippen LogP contribution in [0.1, 0.15) is 12.7 Å². The van der Waals surface area contributed by atoms with Gasteiger partial charge in [-0.2, -0.15) is 11.8 Å². The number of nitrogens with one attached hydrogen (secondary N) is 1. The standard InChI is InChI=1S/C14H17N3O2S/c1-9(20-3)14(19)17(2)8-12-15-11-7-5-4-6-10(11)13(18)16-12/h4-7,9H,8H2,1-3H3,(H,15,16,18)/t9-/m1/s1. The first-order valence-electron chi connectivity index (χ1n) is 6.28. The number of benzene rings is 1. The fraction of sp³-hybridized carbons (Fsp3) is 0.357. The lowest BCUT2D eigenvalue weighted by molar-refractivity contribution is -0.129. The smallest absolute Gasteiger partial charge is 0.258 e. The second kappa shape index (κ2) is 6.09. The van der Waals surface area contributed by atoms with E-state index in [1.54, 1.807) is 30.1 Å². The van der Waals surface area contributed by atoms with Crippen molar-refractivity contribution in [2.45, 2.75) is 18.7 Å². The number of H-pyrrole nitrogens is 1. The molecular formula is C14H17N3O2S. The summed E-state index contributed by atoms with van der Waals surface area (Å²) in [5.74, 6) is 0.520. The summed E-state index contributed by atoms with van der Waals surface area (Å²) in [6.07, 6.45) is 1.90. The van der Waals surface area contributed by atoms with E-state index in [2.05, 4.69) is 9.97 Å². The molecule has 1 amide bonds. The van der Waals surface area contributed by atoms with Gasteiger partial charge in [-0.05, 0) is 25.3 Å². The van der Waals surface area contributed by atoms with Gasteiger partial charge in [0.05, 0.1) is 22.7 Å². The molecule has 1 atom stereocenters.